The molecule has 3 rings (SSSR count). The molecule has 1 heterocycles. The standard InChI is InChI=1S/C24H27F2N3O4.ClH/c1-4-5-10-32-20-11-15(7-9-19(20)31-3)24-29-21(22(33-24)14(2)27)23(30)28-13-16-6-8-17(25)12-18(16)26;/h6-9,11-12,14H,4-5,10,13,27H2,1-3H3,(H,28,30);1H. The van der Waals surface area contributed by atoms with Crippen molar-refractivity contribution < 1.29 is 27.5 Å². The maximum Gasteiger partial charge on any atom is 0.273 e. The summed E-state index contributed by atoms with van der Waals surface area (Å²) in [7, 11) is 1.55. The van der Waals surface area contributed by atoms with E-state index in [0.29, 0.717) is 23.7 Å². The van der Waals surface area contributed by atoms with Gasteiger partial charge in [-0.2, -0.15) is 0 Å². The summed E-state index contributed by atoms with van der Waals surface area (Å²) in [5.41, 5.74) is 6.70. The lowest BCUT2D eigenvalue weighted by Gasteiger charge is -2.11. The number of hydrogen-bond acceptors (Lipinski definition) is 6. The summed E-state index contributed by atoms with van der Waals surface area (Å²) in [6.07, 6.45) is 1.87. The van der Waals surface area contributed by atoms with E-state index in [9.17, 15) is 13.6 Å². The van der Waals surface area contributed by atoms with Crippen LogP contribution < -0.4 is 20.5 Å². The highest BCUT2D eigenvalue weighted by atomic mass is 35.5. The third-order valence-electron chi connectivity index (χ3n) is 4.90. The van der Waals surface area contributed by atoms with E-state index in [1.54, 1.807) is 32.2 Å². The molecule has 0 aliphatic heterocycles. The van der Waals surface area contributed by atoms with Gasteiger partial charge in [-0.1, -0.05) is 19.4 Å². The van der Waals surface area contributed by atoms with Crippen molar-refractivity contribution in [3.05, 3.63) is 65.1 Å². The molecule has 184 valence electrons. The van der Waals surface area contributed by atoms with Gasteiger partial charge < -0.3 is 24.9 Å². The SMILES string of the molecule is CCCCOc1cc(-c2nc(C(=O)NCc3ccc(F)cc3F)c(C(C)N)o2)ccc1OC.Cl. The second kappa shape index (κ2) is 12.3. The molecule has 0 spiro atoms. The van der Waals surface area contributed by atoms with Gasteiger partial charge in [0.05, 0.1) is 19.8 Å². The van der Waals surface area contributed by atoms with Crippen molar-refractivity contribution in [2.75, 3.05) is 13.7 Å². The van der Waals surface area contributed by atoms with Gasteiger partial charge in [-0.15, -0.1) is 12.4 Å². The molecule has 10 heteroatoms. The molecule has 7 nitrogen and oxygen atoms in total. The van der Waals surface area contributed by atoms with Crippen molar-refractivity contribution in [3.8, 4) is 23.0 Å². The van der Waals surface area contributed by atoms with Crippen molar-refractivity contribution in [2.24, 2.45) is 5.73 Å². The van der Waals surface area contributed by atoms with E-state index in [0.717, 1.165) is 25.0 Å². The minimum atomic E-state index is -0.752. The third kappa shape index (κ3) is 6.45. The number of carbonyl (C=O) groups excluding carboxylic acids is 1. The summed E-state index contributed by atoms with van der Waals surface area (Å²) in [4.78, 5) is 17.1. The van der Waals surface area contributed by atoms with Crippen LogP contribution in [0.2, 0.25) is 0 Å². The van der Waals surface area contributed by atoms with Crippen LogP contribution in [0.5, 0.6) is 11.5 Å². The summed E-state index contributed by atoms with van der Waals surface area (Å²) < 4.78 is 43.9. The van der Waals surface area contributed by atoms with Gasteiger partial charge in [-0.05, 0) is 37.6 Å². The number of hydrogen-bond donors (Lipinski definition) is 2. The second-order valence-electron chi connectivity index (χ2n) is 7.51. The highest BCUT2D eigenvalue weighted by molar-refractivity contribution is 5.94. The Labute approximate surface area is 203 Å². The van der Waals surface area contributed by atoms with E-state index < -0.39 is 23.6 Å². The predicted octanol–water partition coefficient (Wildman–Crippen LogP) is 5.18. The molecule has 0 aliphatic rings. The van der Waals surface area contributed by atoms with Crippen LogP contribution in [0.15, 0.2) is 40.8 Å². The number of halogens is 3. The first-order valence-electron chi connectivity index (χ1n) is 10.6. The Balaban J connectivity index is 0.00000408. The van der Waals surface area contributed by atoms with Gasteiger partial charge in [0.1, 0.15) is 11.6 Å². The van der Waals surface area contributed by atoms with Crippen LogP contribution in [0.4, 0.5) is 8.78 Å². The first-order valence-corrected chi connectivity index (χ1v) is 10.6. The van der Waals surface area contributed by atoms with Gasteiger partial charge >= 0.3 is 0 Å². The van der Waals surface area contributed by atoms with Crippen LogP contribution >= 0.6 is 12.4 Å². The number of aromatic nitrogens is 1. The molecule has 1 aromatic heterocycles. The molecule has 0 saturated heterocycles. The van der Waals surface area contributed by atoms with Crippen LogP contribution in [0.25, 0.3) is 11.5 Å². The number of unbranched alkanes of at least 4 members (excludes halogenated alkanes) is 1. The summed E-state index contributed by atoms with van der Waals surface area (Å²) in [5.74, 6) is -0.573. The number of methoxy groups -OCH3 is 1. The first-order chi connectivity index (χ1) is 15.8. The van der Waals surface area contributed by atoms with E-state index in [4.69, 9.17) is 19.6 Å². The Kier molecular flexibility index (Phi) is 9.83. The van der Waals surface area contributed by atoms with E-state index in [1.807, 2.05) is 0 Å². The number of carbonyl (C=O) groups is 1. The molecular formula is C24H28ClF2N3O4. The number of benzene rings is 2. The van der Waals surface area contributed by atoms with E-state index in [-0.39, 0.29) is 41.9 Å². The highest BCUT2D eigenvalue weighted by Gasteiger charge is 2.24. The average molecular weight is 496 g/mol. The molecular weight excluding hydrogens is 468 g/mol. The highest BCUT2D eigenvalue weighted by Crippen LogP contribution is 2.34. The summed E-state index contributed by atoms with van der Waals surface area (Å²) in [5, 5.41) is 2.58. The summed E-state index contributed by atoms with van der Waals surface area (Å²) >= 11 is 0. The number of rotatable bonds is 10. The molecule has 34 heavy (non-hydrogen) atoms. The van der Waals surface area contributed by atoms with Crippen molar-refractivity contribution in [1.29, 1.82) is 0 Å². The number of ether oxygens (including phenoxy) is 2. The van der Waals surface area contributed by atoms with Crippen molar-refractivity contribution in [2.45, 2.75) is 39.3 Å². The largest absolute Gasteiger partial charge is 0.493 e. The van der Waals surface area contributed by atoms with Crippen LogP contribution in [0.1, 0.15) is 54.5 Å². The number of oxazole rings is 1. The fraction of sp³-hybridized carbons (Fsp3) is 0.333. The first kappa shape index (κ1) is 27.1. The van der Waals surface area contributed by atoms with Crippen LogP contribution in [-0.4, -0.2) is 24.6 Å². The lowest BCUT2D eigenvalue weighted by molar-refractivity contribution is 0.0943. The zero-order valence-electron chi connectivity index (χ0n) is 19.2. The van der Waals surface area contributed by atoms with E-state index in [2.05, 4.69) is 17.2 Å². The number of amides is 1. The predicted molar refractivity (Wildman–Crippen MR) is 126 cm³/mol. The van der Waals surface area contributed by atoms with Crippen molar-refractivity contribution in [3.63, 3.8) is 0 Å². The monoisotopic (exact) mass is 495 g/mol. The Morgan fingerprint density at radius 1 is 1.21 bits per heavy atom. The minimum absolute atomic E-state index is 0. The van der Waals surface area contributed by atoms with Crippen molar-refractivity contribution in [1.82, 2.24) is 10.3 Å². The fourth-order valence-electron chi connectivity index (χ4n) is 3.10. The van der Waals surface area contributed by atoms with Gasteiger partial charge in [-0.3, -0.25) is 4.79 Å². The van der Waals surface area contributed by atoms with Gasteiger partial charge in [0.2, 0.25) is 5.89 Å². The van der Waals surface area contributed by atoms with Gasteiger partial charge in [0, 0.05) is 23.7 Å². The Hall–Kier alpha value is -3.17. The van der Waals surface area contributed by atoms with Crippen molar-refractivity contribution >= 4 is 18.3 Å². The molecule has 2 aromatic carbocycles. The molecule has 0 radical (unpaired) electrons. The molecule has 0 saturated carbocycles. The Morgan fingerprint density at radius 3 is 2.62 bits per heavy atom. The maximum absolute atomic E-state index is 13.9. The van der Waals surface area contributed by atoms with Crippen LogP contribution in [0, 0.1) is 11.6 Å². The summed E-state index contributed by atoms with van der Waals surface area (Å²) in [6, 6.07) is 7.71. The normalized spacial score (nSPS) is 11.5. The van der Waals surface area contributed by atoms with Crippen LogP contribution in [0.3, 0.4) is 0 Å². The molecule has 0 aliphatic carbocycles. The lowest BCUT2D eigenvalue weighted by Crippen LogP contribution is -2.25. The Bertz CT molecular complexity index is 1120. The third-order valence-corrected chi connectivity index (χ3v) is 4.90. The van der Waals surface area contributed by atoms with Gasteiger partial charge in [0.15, 0.2) is 23.0 Å². The quantitative estimate of drug-likeness (QED) is 0.376. The van der Waals surface area contributed by atoms with Crippen LogP contribution in [-0.2, 0) is 6.54 Å². The smallest absolute Gasteiger partial charge is 0.273 e. The zero-order chi connectivity index (χ0) is 24.0. The van der Waals surface area contributed by atoms with E-state index in [1.165, 1.54) is 6.07 Å². The number of nitrogens with one attached hydrogen (secondary N) is 1. The number of nitrogens with zero attached hydrogens (tertiary/aromatic N) is 1. The lowest BCUT2D eigenvalue weighted by atomic mass is 10.2. The van der Waals surface area contributed by atoms with Gasteiger partial charge in [-0.25, -0.2) is 13.8 Å². The minimum Gasteiger partial charge on any atom is -0.493 e. The summed E-state index contributed by atoms with van der Waals surface area (Å²) in [6.45, 7) is 4.11. The zero-order valence-corrected chi connectivity index (χ0v) is 20.0. The average Bonchev–Trinajstić information content (AvgIpc) is 3.24. The molecule has 0 bridgehead atoms. The molecule has 1 unspecified atom stereocenters. The molecule has 3 aromatic rings. The fourth-order valence-corrected chi connectivity index (χ4v) is 3.10. The van der Waals surface area contributed by atoms with Gasteiger partial charge in [0.25, 0.3) is 5.91 Å². The molecule has 1 amide bonds. The molecule has 1 atom stereocenters. The van der Waals surface area contributed by atoms with E-state index >= 15 is 0 Å². The molecule has 0 fully saturated rings. The second-order valence-corrected chi connectivity index (χ2v) is 7.51. The topological polar surface area (TPSA) is 99.6 Å². The Morgan fingerprint density at radius 2 is 1.97 bits per heavy atom. The molecule has 3 N–H and O–H groups in total. The maximum atomic E-state index is 13.9. The number of nitrogens with two attached hydrogens (primary N) is 1.